The van der Waals surface area contributed by atoms with E-state index < -0.39 is 0 Å². The van der Waals surface area contributed by atoms with Crippen LogP contribution in [0.3, 0.4) is 0 Å². The highest BCUT2D eigenvalue weighted by Crippen LogP contribution is 2.54. The highest BCUT2D eigenvalue weighted by molar-refractivity contribution is 5.79. The second kappa shape index (κ2) is 5.85. The molecule has 1 saturated heterocycles. The minimum absolute atomic E-state index is 0.139. The molecule has 5 rings (SSSR count). The maximum atomic E-state index is 12.2. The van der Waals surface area contributed by atoms with E-state index in [2.05, 4.69) is 5.16 Å². The van der Waals surface area contributed by atoms with Crippen LogP contribution in [-0.2, 0) is 4.79 Å². The normalized spacial score (nSPS) is 34.1. The molecule has 4 aliphatic rings. The molecule has 3 atom stereocenters. The van der Waals surface area contributed by atoms with Crippen LogP contribution >= 0.6 is 0 Å². The Bertz CT molecular complexity index is 618. The van der Waals surface area contributed by atoms with Crippen molar-refractivity contribution in [1.29, 1.82) is 0 Å². The van der Waals surface area contributed by atoms with Gasteiger partial charge in [0.2, 0.25) is 11.8 Å². The van der Waals surface area contributed by atoms with E-state index in [9.17, 15) is 4.79 Å². The number of likely N-dealkylation sites (tertiary alicyclic amines) is 1. The van der Waals surface area contributed by atoms with Gasteiger partial charge in [0.25, 0.3) is 0 Å². The first-order valence-corrected chi connectivity index (χ1v) is 9.89. The third-order valence-electron chi connectivity index (χ3n) is 6.62. The van der Waals surface area contributed by atoms with Crippen molar-refractivity contribution in [3.63, 3.8) is 0 Å². The van der Waals surface area contributed by atoms with Crippen molar-refractivity contribution in [2.45, 2.75) is 69.6 Å². The van der Waals surface area contributed by atoms with Crippen molar-refractivity contribution in [3.8, 4) is 0 Å². The Hall–Kier alpha value is -1.39. The minimum atomic E-state index is 0.139. The average molecular weight is 329 g/mol. The summed E-state index contributed by atoms with van der Waals surface area (Å²) in [6, 6.07) is 0. The summed E-state index contributed by atoms with van der Waals surface area (Å²) in [4.78, 5) is 18.9. The summed E-state index contributed by atoms with van der Waals surface area (Å²) >= 11 is 0. The molecule has 0 spiro atoms. The predicted octanol–water partition coefficient (Wildman–Crippen LogP) is 3.48. The fourth-order valence-corrected chi connectivity index (χ4v) is 4.88. The molecule has 130 valence electrons. The lowest BCUT2D eigenvalue weighted by Gasteiger charge is -2.21. The van der Waals surface area contributed by atoms with Gasteiger partial charge in [-0.3, -0.25) is 4.79 Å². The second-order valence-corrected chi connectivity index (χ2v) is 8.54. The monoisotopic (exact) mass is 329 g/mol. The highest BCUT2D eigenvalue weighted by Gasteiger charge is 2.47. The molecule has 3 aliphatic carbocycles. The van der Waals surface area contributed by atoms with Gasteiger partial charge in [-0.15, -0.1) is 0 Å². The fourth-order valence-electron chi connectivity index (χ4n) is 4.88. The Kier molecular flexibility index (Phi) is 3.64. The van der Waals surface area contributed by atoms with Crippen LogP contribution in [0.5, 0.6) is 0 Å². The Morgan fingerprint density at radius 3 is 2.75 bits per heavy atom. The van der Waals surface area contributed by atoms with Crippen LogP contribution in [-0.4, -0.2) is 34.0 Å². The molecule has 1 aliphatic heterocycles. The van der Waals surface area contributed by atoms with Gasteiger partial charge in [0.15, 0.2) is 5.82 Å². The van der Waals surface area contributed by atoms with E-state index in [0.29, 0.717) is 12.3 Å². The summed E-state index contributed by atoms with van der Waals surface area (Å²) in [5.41, 5.74) is 0. The summed E-state index contributed by atoms with van der Waals surface area (Å²) in [5, 5.41) is 4.24. The first-order valence-electron chi connectivity index (χ1n) is 9.89. The molecular weight excluding hydrogens is 302 g/mol. The molecule has 1 aromatic rings. The number of carbonyl (C=O) groups is 1. The molecular formula is C19H27N3O2. The Balaban J connectivity index is 1.21. The van der Waals surface area contributed by atoms with Gasteiger partial charge in [0.1, 0.15) is 0 Å². The topological polar surface area (TPSA) is 59.2 Å². The third-order valence-corrected chi connectivity index (χ3v) is 6.62. The molecule has 0 radical (unpaired) electrons. The van der Waals surface area contributed by atoms with Crippen molar-refractivity contribution in [2.24, 2.45) is 17.8 Å². The largest absolute Gasteiger partial charge is 0.342 e. The summed E-state index contributed by atoms with van der Waals surface area (Å²) < 4.78 is 5.60. The van der Waals surface area contributed by atoms with Gasteiger partial charge in [-0.2, -0.15) is 4.98 Å². The van der Waals surface area contributed by atoms with Gasteiger partial charge in [-0.05, 0) is 37.0 Å². The van der Waals surface area contributed by atoms with Crippen molar-refractivity contribution < 1.29 is 9.32 Å². The van der Waals surface area contributed by atoms with E-state index in [1.165, 1.54) is 51.4 Å². The van der Waals surface area contributed by atoms with Gasteiger partial charge in [0.05, 0.1) is 0 Å². The third kappa shape index (κ3) is 2.86. The summed E-state index contributed by atoms with van der Waals surface area (Å²) in [6.45, 7) is 1.72. The van der Waals surface area contributed by atoms with Crippen molar-refractivity contribution >= 4 is 5.91 Å². The zero-order chi connectivity index (χ0) is 16.1. The van der Waals surface area contributed by atoms with Gasteiger partial charge >= 0.3 is 0 Å². The zero-order valence-electron chi connectivity index (χ0n) is 14.3. The van der Waals surface area contributed by atoms with Crippen LogP contribution in [0.2, 0.25) is 0 Å². The average Bonchev–Trinajstić information content (AvgIpc) is 3.50. The number of amides is 1. The lowest BCUT2D eigenvalue weighted by Crippen LogP contribution is -2.27. The number of nitrogens with zero attached hydrogens (tertiary/aromatic N) is 3. The SMILES string of the molecule is O=C1CC(c2noc(C3CC3C3CCCCC3)n2)CN1CC1CC1. The van der Waals surface area contributed by atoms with Gasteiger partial charge < -0.3 is 9.42 Å². The summed E-state index contributed by atoms with van der Waals surface area (Å²) in [7, 11) is 0. The van der Waals surface area contributed by atoms with Crippen LogP contribution in [0.25, 0.3) is 0 Å². The van der Waals surface area contributed by atoms with Gasteiger partial charge in [0, 0.05) is 31.3 Å². The van der Waals surface area contributed by atoms with Crippen LogP contribution in [0.15, 0.2) is 4.52 Å². The lowest BCUT2D eigenvalue weighted by molar-refractivity contribution is -0.127. The van der Waals surface area contributed by atoms with Crippen molar-refractivity contribution in [1.82, 2.24) is 15.0 Å². The van der Waals surface area contributed by atoms with Gasteiger partial charge in [-0.1, -0.05) is 37.3 Å². The number of carbonyl (C=O) groups excluding carboxylic acids is 1. The van der Waals surface area contributed by atoms with E-state index >= 15 is 0 Å². The van der Waals surface area contributed by atoms with E-state index in [-0.39, 0.29) is 11.8 Å². The standard InChI is InChI=1S/C19H27N3O2/c23-17-8-14(11-22(17)10-12-6-7-12)18-20-19(24-21-18)16-9-15(16)13-4-2-1-3-5-13/h12-16H,1-11H2. The lowest BCUT2D eigenvalue weighted by atomic mass is 9.85. The zero-order valence-corrected chi connectivity index (χ0v) is 14.3. The number of hydrogen-bond acceptors (Lipinski definition) is 4. The number of aromatic nitrogens is 2. The van der Waals surface area contributed by atoms with E-state index in [4.69, 9.17) is 9.51 Å². The summed E-state index contributed by atoms with van der Waals surface area (Å²) in [5.74, 6) is 4.91. The number of rotatable bonds is 5. The quantitative estimate of drug-likeness (QED) is 0.830. The molecule has 0 N–H and O–H groups in total. The fraction of sp³-hybridized carbons (Fsp3) is 0.842. The molecule has 3 saturated carbocycles. The predicted molar refractivity (Wildman–Crippen MR) is 88.4 cm³/mol. The molecule has 5 heteroatoms. The number of hydrogen-bond donors (Lipinski definition) is 0. The smallest absolute Gasteiger partial charge is 0.230 e. The second-order valence-electron chi connectivity index (χ2n) is 8.54. The van der Waals surface area contributed by atoms with Crippen molar-refractivity contribution in [3.05, 3.63) is 11.7 Å². The van der Waals surface area contributed by atoms with Crippen LogP contribution < -0.4 is 0 Å². The summed E-state index contributed by atoms with van der Waals surface area (Å²) in [6.07, 6.45) is 11.3. The maximum absolute atomic E-state index is 12.2. The molecule has 1 amide bonds. The molecule has 4 fully saturated rings. The first kappa shape index (κ1) is 14.9. The van der Waals surface area contributed by atoms with Gasteiger partial charge in [-0.25, -0.2) is 0 Å². The van der Waals surface area contributed by atoms with Crippen LogP contribution in [0.1, 0.15) is 81.3 Å². The van der Waals surface area contributed by atoms with Crippen molar-refractivity contribution in [2.75, 3.05) is 13.1 Å². The molecule has 2 heterocycles. The van der Waals surface area contributed by atoms with E-state index in [1.807, 2.05) is 4.90 Å². The molecule has 3 unspecified atom stereocenters. The highest BCUT2D eigenvalue weighted by atomic mass is 16.5. The molecule has 24 heavy (non-hydrogen) atoms. The Morgan fingerprint density at radius 2 is 1.96 bits per heavy atom. The Morgan fingerprint density at radius 1 is 1.12 bits per heavy atom. The van der Waals surface area contributed by atoms with E-state index in [1.54, 1.807) is 0 Å². The van der Waals surface area contributed by atoms with Crippen LogP contribution in [0, 0.1) is 17.8 Å². The first-order chi connectivity index (χ1) is 11.8. The molecule has 5 nitrogen and oxygen atoms in total. The maximum Gasteiger partial charge on any atom is 0.230 e. The molecule has 1 aromatic heterocycles. The van der Waals surface area contributed by atoms with E-state index in [0.717, 1.165) is 42.6 Å². The Labute approximate surface area is 143 Å². The molecule has 0 aromatic carbocycles. The van der Waals surface area contributed by atoms with Crippen LogP contribution in [0.4, 0.5) is 0 Å². The molecule has 0 bridgehead atoms. The minimum Gasteiger partial charge on any atom is -0.342 e.